The van der Waals surface area contributed by atoms with Crippen LogP contribution in [0.25, 0.3) is 43.8 Å². The molecule has 0 radical (unpaired) electrons. The predicted octanol–water partition coefficient (Wildman–Crippen LogP) is 14.6. The Morgan fingerprint density at radius 3 is 1.44 bits per heavy atom. The molecular weight excluding hydrogens is 1470 g/mol. The highest BCUT2D eigenvalue weighted by Gasteiger charge is 2.41. The topological polar surface area (TPSA) is 192 Å². The Kier molecular flexibility index (Phi) is 23.3. The molecule has 8 heterocycles. The molecule has 0 bridgehead atoms. The smallest absolute Gasteiger partial charge is 0.496 e. The van der Waals surface area contributed by atoms with Crippen molar-refractivity contribution in [1.29, 1.82) is 0 Å². The summed E-state index contributed by atoms with van der Waals surface area (Å²) in [5, 5.41) is 12.7. The fraction of sp³-hybridized carbons (Fsp3) is 0.432. The summed E-state index contributed by atoms with van der Waals surface area (Å²) in [6.45, 7) is 8.21. The van der Waals surface area contributed by atoms with Gasteiger partial charge in [0.1, 0.15) is 29.4 Å². The van der Waals surface area contributed by atoms with E-state index in [1.807, 2.05) is 31.2 Å². The molecule has 0 aliphatic carbocycles. The molecule has 29 heteroatoms. The van der Waals surface area contributed by atoms with E-state index >= 15 is 0 Å². The Balaban J connectivity index is 0.000000193. The van der Waals surface area contributed by atoms with E-state index in [0.29, 0.717) is 138 Å². The standard InChI is InChI=1S/C41H43F6N5O4.C40H42ClF4N5O4/c1-24-3-7-31-32(19-24)33(23-50(2)39(31)55)26-4-5-27(36(20-26)56-41(45,46)47)22-51-15-13-29(14-16-51)52-17-11-25(12-18-52)30-8-6-28(21-34(30)40(42,43)44)48-35-9-10-37(53)49-38(35)54;1-48-21-31(30-19-25(42)3-5-29(30)39(48)53)24-17-34(41)32(36(18-24)54-2)22-49-13-11-27(12-14-49)50-15-9-23(10-16-50)28-6-4-26(20-33(28)40(43,44)45)46-35-7-8-37(51)47-38(35)52/h3-8,19-21,23,25,29,35,48H,9-18,22H2,1-2H3,(H,49,53,54);3-6,17-21,23,27,35,46H,7-16,22H2,1-2H3,(H,47,51,52). The summed E-state index contributed by atoms with van der Waals surface area (Å²) in [5.74, 6) is -2.57. The first-order valence-corrected chi connectivity index (χ1v) is 37.4. The van der Waals surface area contributed by atoms with Gasteiger partial charge < -0.3 is 39.0 Å². The number of benzene rings is 6. The van der Waals surface area contributed by atoms with E-state index in [1.54, 1.807) is 63.9 Å². The van der Waals surface area contributed by atoms with Gasteiger partial charge in [0.2, 0.25) is 23.6 Å². The average molecular weight is 1550 g/mol. The molecule has 18 nitrogen and oxygen atoms in total. The first kappa shape index (κ1) is 78.8. The van der Waals surface area contributed by atoms with Gasteiger partial charge >= 0.3 is 18.7 Å². The van der Waals surface area contributed by atoms with Crippen molar-refractivity contribution in [3.8, 4) is 33.8 Å². The van der Waals surface area contributed by atoms with Crippen molar-refractivity contribution >= 4 is 68.1 Å². The molecule has 6 fully saturated rings. The highest BCUT2D eigenvalue weighted by atomic mass is 35.5. The number of piperidine rings is 6. The number of hydrogen-bond acceptors (Lipinski definition) is 14. The van der Waals surface area contributed by atoms with Crippen LogP contribution in [0.15, 0.2) is 125 Å². The van der Waals surface area contributed by atoms with Crippen molar-refractivity contribution in [2.75, 3.05) is 70.1 Å². The van der Waals surface area contributed by atoms with Crippen molar-refractivity contribution in [2.45, 2.75) is 152 Å². The molecule has 6 aromatic carbocycles. The zero-order valence-electron chi connectivity index (χ0n) is 61.1. The number of aryl methyl sites for hydroxylation is 3. The van der Waals surface area contributed by atoms with Crippen LogP contribution in [-0.4, -0.2) is 142 Å². The minimum atomic E-state index is -4.91. The van der Waals surface area contributed by atoms with Crippen molar-refractivity contribution in [3.63, 3.8) is 0 Å². The van der Waals surface area contributed by atoms with Crippen LogP contribution < -0.4 is 41.9 Å². The molecule has 6 saturated heterocycles. The van der Waals surface area contributed by atoms with Gasteiger partial charge in [-0.15, -0.1) is 13.2 Å². The summed E-state index contributed by atoms with van der Waals surface area (Å²) in [6, 6.07) is 25.3. The zero-order chi connectivity index (χ0) is 78.3. The molecule has 4 N–H and O–H groups in total. The number of imide groups is 2. The van der Waals surface area contributed by atoms with Crippen molar-refractivity contribution in [1.82, 2.24) is 39.4 Å². The molecular formula is C81H85ClF10N10O8. The number of nitrogens with one attached hydrogen (secondary N) is 4. The first-order valence-electron chi connectivity index (χ1n) is 37.0. The number of methoxy groups -OCH3 is 1. The number of amides is 4. The number of halogens is 11. The third-order valence-electron chi connectivity index (χ3n) is 22.5. The molecule has 6 aliphatic rings. The van der Waals surface area contributed by atoms with Crippen LogP contribution in [0.4, 0.5) is 55.3 Å². The largest absolute Gasteiger partial charge is 0.573 e. The van der Waals surface area contributed by atoms with E-state index in [9.17, 15) is 72.7 Å². The van der Waals surface area contributed by atoms with Crippen molar-refractivity contribution < 1.29 is 72.6 Å². The van der Waals surface area contributed by atoms with Gasteiger partial charge in [-0.2, -0.15) is 26.3 Å². The normalized spacial score (nSPS) is 19.7. The van der Waals surface area contributed by atoms with Gasteiger partial charge in [-0.25, -0.2) is 4.39 Å². The first-order chi connectivity index (χ1) is 52.3. The monoisotopic (exact) mass is 1550 g/mol. The number of alkyl halides is 9. The quantitative estimate of drug-likeness (QED) is 0.0528. The van der Waals surface area contributed by atoms with E-state index in [0.717, 1.165) is 62.0 Å². The lowest BCUT2D eigenvalue weighted by Gasteiger charge is -2.42. The number of likely N-dealkylation sites (tertiary alicyclic amines) is 4. The molecule has 4 amide bonds. The summed E-state index contributed by atoms with van der Waals surface area (Å²) in [5.41, 5.74) is 3.62. The van der Waals surface area contributed by atoms with Gasteiger partial charge in [0.15, 0.2) is 0 Å². The second-order valence-corrected chi connectivity index (χ2v) is 30.1. The maximum Gasteiger partial charge on any atom is 0.573 e. The van der Waals surface area contributed by atoms with Crippen LogP contribution in [-0.2, 0) is 58.7 Å². The summed E-state index contributed by atoms with van der Waals surface area (Å²) in [4.78, 5) is 81.9. The van der Waals surface area contributed by atoms with Crippen LogP contribution in [0.5, 0.6) is 11.5 Å². The van der Waals surface area contributed by atoms with Gasteiger partial charge in [-0.1, -0.05) is 53.6 Å². The SMILES string of the molecule is COc1cc(-c2cn(C)c(=O)c3ccc(F)cc23)cc(Cl)c1CN1CCC(N2CCC(c3ccc(NC4CCC(=O)NC4=O)cc3C(F)(F)F)CC2)CC1.Cc1ccc2c(=O)n(C)cc(-c3ccc(CN4CCC(N5CCC(c6ccc(NC7CCC(=O)NC7=O)cc6C(F)(F)F)CC5)CC4)c(OC(F)(F)F)c3)c2c1. The van der Waals surface area contributed by atoms with Gasteiger partial charge in [-0.3, -0.25) is 49.2 Å². The molecule has 6 aliphatic heterocycles. The van der Waals surface area contributed by atoms with Crippen molar-refractivity contribution in [2.24, 2.45) is 14.1 Å². The number of rotatable bonds is 16. The number of carbonyl (C=O) groups is 4. The Hall–Kier alpha value is -9.35. The van der Waals surface area contributed by atoms with Crippen LogP contribution >= 0.6 is 11.6 Å². The Morgan fingerprint density at radius 1 is 0.500 bits per heavy atom. The van der Waals surface area contributed by atoms with E-state index in [-0.39, 0.29) is 95.4 Å². The molecule has 2 unspecified atom stereocenters. The second-order valence-electron chi connectivity index (χ2n) is 29.7. The van der Waals surface area contributed by atoms with Crippen LogP contribution in [0.1, 0.15) is 128 Å². The lowest BCUT2D eigenvalue weighted by Crippen LogP contribution is -2.47. The number of aromatic nitrogens is 2. The minimum Gasteiger partial charge on any atom is -0.496 e. The average Bonchev–Trinajstić information content (AvgIpc) is 0.773. The zero-order valence-corrected chi connectivity index (χ0v) is 61.9. The highest BCUT2D eigenvalue weighted by Crippen LogP contribution is 2.45. The lowest BCUT2D eigenvalue weighted by atomic mass is 9.85. The van der Waals surface area contributed by atoms with Gasteiger partial charge in [0.25, 0.3) is 11.1 Å². The van der Waals surface area contributed by atoms with Gasteiger partial charge in [-0.05, 0) is 235 Å². The summed E-state index contributed by atoms with van der Waals surface area (Å²) < 4.78 is 154. The molecule has 14 rings (SSSR count). The van der Waals surface area contributed by atoms with Crippen LogP contribution in [0.3, 0.4) is 0 Å². The Labute approximate surface area is 633 Å². The molecule has 0 spiro atoms. The third kappa shape index (κ3) is 18.0. The maximum absolute atomic E-state index is 14.3. The van der Waals surface area contributed by atoms with Gasteiger partial charge in [0.05, 0.1) is 18.2 Å². The number of hydrogen-bond donors (Lipinski definition) is 4. The third-order valence-corrected chi connectivity index (χ3v) is 22.8. The number of pyridine rings is 2. The highest BCUT2D eigenvalue weighted by molar-refractivity contribution is 6.32. The number of fused-ring (bicyclic) bond motifs is 2. The summed E-state index contributed by atoms with van der Waals surface area (Å²) in [7, 11) is 4.84. The summed E-state index contributed by atoms with van der Waals surface area (Å²) in [6.07, 6.45) is -4.46. The Bertz CT molecular complexity index is 4940. The molecule has 0 saturated carbocycles. The number of ether oxygens (including phenoxy) is 2. The van der Waals surface area contributed by atoms with Crippen LogP contribution in [0, 0.1) is 12.7 Å². The molecule has 110 heavy (non-hydrogen) atoms. The summed E-state index contributed by atoms with van der Waals surface area (Å²) >= 11 is 6.89. The lowest BCUT2D eigenvalue weighted by molar-refractivity contribution is -0.275. The Morgan fingerprint density at radius 2 is 0.964 bits per heavy atom. The van der Waals surface area contributed by atoms with Crippen LogP contribution in [0.2, 0.25) is 5.02 Å². The fourth-order valence-corrected chi connectivity index (χ4v) is 17.0. The van der Waals surface area contributed by atoms with E-state index in [1.165, 1.54) is 45.5 Å². The number of nitrogens with zero attached hydrogens (tertiary/aromatic N) is 6. The minimum absolute atomic E-state index is 0.107. The second kappa shape index (κ2) is 32.5. The van der Waals surface area contributed by atoms with Gasteiger partial charge in [0, 0.05) is 114 Å². The van der Waals surface area contributed by atoms with E-state index < -0.39 is 65.5 Å². The van der Waals surface area contributed by atoms with E-state index in [2.05, 4.69) is 45.6 Å². The number of anilines is 2. The molecule has 8 aromatic rings. The number of carbonyl (C=O) groups excluding carboxylic acids is 4. The molecule has 2 aromatic heterocycles. The molecule has 2 atom stereocenters. The van der Waals surface area contributed by atoms with Crippen molar-refractivity contribution in [3.05, 3.63) is 186 Å². The van der Waals surface area contributed by atoms with E-state index in [4.69, 9.17) is 16.3 Å². The predicted molar refractivity (Wildman–Crippen MR) is 398 cm³/mol. The molecule has 584 valence electrons. The fourth-order valence-electron chi connectivity index (χ4n) is 16.7. The maximum atomic E-state index is 14.3.